The summed E-state index contributed by atoms with van der Waals surface area (Å²) in [5.41, 5.74) is 0.853. The number of nitrogens with one attached hydrogen (secondary N) is 1. The van der Waals surface area contributed by atoms with Gasteiger partial charge in [0.15, 0.2) is 0 Å². The minimum atomic E-state index is -3.67. The van der Waals surface area contributed by atoms with Crippen molar-refractivity contribution in [2.24, 2.45) is 23.7 Å². The number of hydrogen-bond donors (Lipinski definition) is 1. The molecule has 0 aromatic heterocycles. The highest BCUT2D eigenvalue weighted by atomic mass is 35.5. The van der Waals surface area contributed by atoms with Gasteiger partial charge in [-0.05, 0) is 79.9 Å². The predicted molar refractivity (Wildman–Crippen MR) is 116 cm³/mol. The molecule has 4 saturated carbocycles. The Morgan fingerprint density at radius 1 is 1.03 bits per heavy atom. The van der Waals surface area contributed by atoms with Gasteiger partial charge in [-0.25, -0.2) is 0 Å². The van der Waals surface area contributed by atoms with Crippen molar-refractivity contribution in [2.75, 3.05) is 19.6 Å². The number of carbonyl (C=O) groups is 1. The standard InChI is InChI=1S/C22H30ClN3O3S/c23-20-4-1-3-15(12-20)13-25-5-2-6-26(30(25,28)29)14-21(27)24-22-18-8-16-7-17(10-18)11-19(22)9-16/h1,3-4,12,16-19,22H,2,5-11,13-14H2,(H,24,27). The van der Waals surface area contributed by atoms with Gasteiger partial charge >= 0.3 is 0 Å². The summed E-state index contributed by atoms with van der Waals surface area (Å²) in [4.78, 5) is 12.8. The number of hydrogen-bond acceptors (Lipinski definition) is 3. The van der Waals surface area contributed by atoms with Crippen LogP contribution in [0.5, 0.6) is 0 Å². The van der Waals surface area contributed by atoms with E-state index in [-0.39, 0.29) is 25.0 Å². The second-order valence-corrected chi connectivity index (χ2v) is 12.0. The molecular formula is C22H30ClN3O3S. The minimum Gasteiger partial charge on any atom is -0.352 e. The van der Waals surface area contributed by atoms with Crippen LogP contribution in [0.15, 0.2) is 24.3 Å². The average molecular weight is 452 g/mol. The SMILES string of the molecule is O=C(CN1CCCN(Cc2cccc(Cl)c2)S1(=O)=O)NC1C2CC3CC(C2)CC1C3. The zero-order valence-corrected chi connectivity index (χ0v) is 18.7. The Kier molecular flexibility index (Phi) is 5.58. The number of nitrogens with zero attached hydrogens (tertiary/aromatic N) is 2. The first-order valence-corrected chi connectivity index (χ1v) is 12.9. The molecule has 1 N–H and O–H groups in total. The molecule has 6 rings (SSSR count). The maximum Gasteiger partial charge on any atom is 0.282 e. The highest BCUT2D eigenvalue weighted by Gasteiger charge is 2.48. The van der Waals surface area contributed by atoms with E-state index in [1.807, 2.05) is 12.1 Å². The van der Waals surface area contributed by atoms with E-state index in [1.54, 1.807) is 12.1 Å². The summed E-state index contributed by atoms with van der Waals surface area (Å²) < 4.78 is 29.0. The summed E-state index contributed by atoms with van der Waals surface area (Å²) >= 11 is 6.04. The normalized spacial score (nSPS) is 35.4. The summed E-state index contributed by atoms with van der Waals surface area (Å²) in [6, 6.07) is 7.50. The lowest BCUT2D eigenvalue weighted by atomic mass is 9.54. The fourth-order valence-electron chi connectivity index (χ4n) is 6.53. The fraction of sp³-hybridized carbons (Fsp3) is 0.682. The summed E-state index contributed by atoms with van der Waals surface area (Å²) in [6.45, 7) is 1.04. The van der Waals surface area contributed by atoms with E-state index in [1.165, 1.54) is 40.7 Å². The summed E-state index contributed by atoms with van der Waals surface area (Å²) in [7, 11) is -3.67. The van der Waals surface area contributed by atoms with E-state index < -0.39 is 10.2 Å². The second-order valence-electron chi connectivity index (χ2n) is 9.68. The molecule has 1 aromatic rings. The van der Waals surface area contributed by atoms with E-state index in [0.717, 1.165) is 17.4 Å². The molecule has 6 nitrogen and oxygen atoms in total. The van der Waals surface area contributed by atoms with Gasteiger partial charge in [0, 0.05) is 30.7 Å². The van der Waals surface area contributed by atoms with Crippen molar-refractivity contribution in [1.82, 2.24) is 13.9 Å². The van der Waals surface area contributed by atoms with Crippen LogP contribution in [0.2, 0.25) is 5.02 Å². The molecular weight excluding hydrogens is 422 g/mol. The fourth-order valence-corrected chi connectivity index (χ4v) is 8.38. The number of benzene rings is 1. The molecule has 0 spiro atoms. The average Bonchev–Trinajstić information content (AvgIpc) is 2.67. The molecule has 1 heterocycles. The lowest BCUT2D eigenvalue weighted by Gasteiger charge is -2.54. The Bertz CT molecular complexity index is 894. The quantitative estimate of drug-likeness (QED) is 0.748. The van der Waals surface area contributed by atoms with Crippen LogP contribution in [-0.2, 0) is 21.5 Å². The molecule has 1 aliphatic heterocycles. The van der Waals surface area contributed by atoms with Crippen LogP contribution < -0.4 is 5.32 Å². The van der Waals surface area contributed by atoms with Gasteiger partial charge in [-0.1, -0.05) is 23.7 Å². The van der Waals surface area contributed by atoms with Crippen LogP contribution in [0, 0.1) is 23.7 Å². The first kappa shape index (κ1) is 20.7. The van der Waals surface area contributed by atoms with E-state index in [0.29, 0.717) is 36.4 Å². The molecule has 0 atom stereocenters. The Morgan fingerprint density at radius 3 is 2.37 bits per heavy atom. The third kappa shape index (κ3) is 4.01. The van der Waals surface area contributed by atoms with Crippen LogP contribution in [0.1, 0.15) is 44.1 Å². The lowest BCUT2D eigenvalue weighted by molar-refractivity contribution is -0.125. The van der Waals surface area contributed by atoms with Gasteiger partial charge in [-0.3, -0.25) is 4.79 Å². The van der Waals surface area contributed by atoms with Crippen LogP contribution in [0.25, 0.3) is 0 Å². The van der Waals surface area contributed by atoms with Gasteiger partial charge in [-0.15, -0.1) is 0 Å². The van der Waals surface area contributed by atoms with E-state index >= 15 is 0 Å². The molecule has 0 radical (unpaired) electrons. The minimum absolute atomic E-state index is 0.0861. The van der Waals surface area contributed by atoms with Crippen LogP contribution >= 0.6 is 11.6 Å². The third-order valence-electron chi connectivity index (χ3n) is 7.59. The van der Waals surface area contributed by atoms with Crippen molar-refractivity contribution in [3.05, 3.63) is 34.9 Å². The number of amides is 1. The maximum atomic E-state index is 13.1. The Morgan fingerprint density at radius 2 is 1.70 bits per heavy atom. The molecule has 8 heteroatoms. The lowest BCUT2D eigenvalue weighted by Crippen LogP contribution is -2.58. The zero-order valence-electron chi connectivity index (χ0n) is 17.2. The monoisotopic (exact) mass is 451 g/mol. The van der Waals surface area contributed by atoms with Gasteiger partial charge in [0.25, 0.3) is 10.2 Å². The number of carbonyl (C=O) groups excluding carboxylic acids is 1. The highest BCUT2D eigenvalue weighted by molar-refractivity contribution is 7.86. The Balaban J connectivity index is 1.22. The van der Waals surface area contributed by atoms with Crippen LogP contribution in [-0.4, -0.2) is 48.6 Å². The molecule has 5 fully saturated rings. The van der Waals surface area contributed by atoms with Crippen molar-refractivity contribution in [3.63, 3.8) is 0 Å². The topological polar surface area (TPSA) is 69.7 Å². The van der Waals surface area contributed by atoms with Crippen molar-refractivity contribution < 1.29 is 13.2 Å². The Labute approximate surface area is 184 Å². The summed E-state index contributed by atoms with van der Waals surface area (Å²) in [5.74, 6) is 2.72. The molecule has 1 aromatic carbocycles. The summed E-state index contributed by atoms with van der Waals surface area (Å²) in [5, 5.41) is 3.83. The highest BCUT2D eigenvalue weighted by Crippen LogP contribution is 2.53. The molecule has 4 aliphatic carbocycles. The van der Waals surface area contributed by atoms with E-state index in [9.17, 15) is 13.2 Å². The first-order chi connectivity index (χ1) is 14.4. The Hall–Kier alpha value is -1.15. The molecule has 0 unspecified atom stereocenters. The van der Waals surface area contributed by atoms with Crippen LogP contribution in [0.4, 0.5) is 0 Å². The van der Waals surface area contributed by atoms with Crippen molar-refractivity contribution in [3.8, 4) is 0 Å². The molecule has 30 heavy (non-hydrogen) atoms. The van der Waals surface area contributed by atoms with Gasteiger partial charge in [-0.2, -0.15) is 17.0 Å². The molecule has 4 bridgehead atoms. The molecule has 1 saturated heterocycles. The zero-order chi connectivity index (χ0) is 20.9. The van der Waals surface area contributed by atoms with E-state index in [4.69, 9.17) is 11.6 Å². The van der Waals surface area contributed by atoms with Gasteiger partial charge in [0.2, 0.25) is 5.91 Å². The maximum absolute atomic E-state index is 13.1. The second kappa shape index (κ2) is 8.08. The smallest absolute Gasteiger partial charge is 0.282 e. The van der Waals surface area contributed by atoms with Crippen molar-refractivity contribution in [2.45, 2.75) is 51.1 Å². The van der Waals surface area contributed by atoms with Crippen molar-refractivity contribution in [1.29, 1.82) is 0 Å². The predicted octanol–water partition coefficient (Wildman–Crippen LogP) is 3.03. The van der Waals surface area contributed by atoms with Gasteiger partial charge in [0.05, 0.1) is 6.54 Å². The number of halogens is 1. The van der Waals surface area contributed by atoms with E-state index in [2.05, 4.69) is 5.32 Å². The largest absolute Gasteiger partial charge is 0.352 e. The molecule has 5 aliphatic rings. The first-order valence-electron chi connectivity index (χ1n) is 11.2. The third-order valence-corrected chi connectivity index (χ3v) is 9.75. The molecule has 164 valence electrons. The van der Waals surface area contributed by atoms with Crippen LogP contribution in [0.3, 0.4) is 0 Å². The molecule has 1 amide bonds. The van der Waals surface area contributed by atoms with Gasteiger partial charge < -0.3 is 5.32 Å². The van der Waals surface area contributed by atoms with Crippen molar-refractivity contribution >= 4 is 27.7 Å². The van der Waals surface area contributed by atoms with Gasteiger partial charge in [0.1, 0.15) is 0 Å². The summed E-state index contributed by atoms with van der Waals surface area (Å²) in [6.07, 6.45) is 7.01. The number of rotatable bonds is 5.